The third-order valence-corrected chi connectivity index (χ3v) is 0.842. The minimum absolute atomic E-state index is 0.0301. The number of rotatable bonds is 0. The average molecular weight is 117 g/mol. The summed E-state index contributed by atoms with van der Waals surface area (Å²) in [4.78, 5) is 10.7. The summed E-state index contributed by atoms with van der Waals surface area (Å²) in [5, 5.41) is 0. The van der Waals surface area contributed by atoms with Crippen LogP contribution in [0.1, 0.15) is 20.8 Å². The number of nitrogens with one attached hydrogen (secondary N) is 1. The molecule has 0 aliphatic heterocycles. The molecule has 0 aromatic rings. The lowest BCUT2D eigenvalue weighted by atomic mass is 9.96. The van der Waals surface area contributed by atoms with Gasteiger partial charge in [0.1, 0.15) is 0 Å². The molecule has 0 bridgehead atoms. The van der Waals surface area contributed by atoms with Crippen LogP contribution in [-0.4, -0.2) is 5.91 Å². The maximum atomic E-state index is 10.7. The number of amides is 1. The molecule has 0 aromatic heterocycles. The highest BCUT2D eigenvalue weighted by Crippen LogP contribution is 2.10. The van der Waals surface area contributed by atoms with Crippen LogP contribution >= 0.6 is 0 Å². The molecule has 0 aliphatic carbocycles. The first-order valence-corrected chi connectivity index (χ1v) is 2.56. The lowest BCUT2D eigenvalue weighted by molar-refractivity contribution is -0.429. The van der Waals surface area contributed by atoms with E-state index in [9.17, 15) is 4.79 Å². The largest absolute Gasteiger partial charge is 0.270 e. The molecular weight excluding hydrogens is 104 g/mol. The van der Waals surface area contributed by atoms with Crippen molar-refractivity contribution in [2.45, 2.75) is 20.8 Å². The Labute approximate surface area is 49.2 Å². The molecule has 48 valence electrons. The first kappa shape index (κ1) is 7.43. The van der Waals surface area contributed by atoms with E-state index in [1.807, 2.05) is 20.8 Å². The molecule has 0 fully saturated rings. The van der Waals surface area contributed by atoms with Crippen LogP contribution in [0.4, 0.5) is 0 Å². The summed E-state index contributed by atoms with van der Waals surface area (Å²) in [6.45, 7) is 5.52. The van der Waals surface area contributed by atoms with E-state index in [1.54, 1.807) is 0 Å². The van der Waals surface area contributed by atoms with Gasteiger partial charge in [0.05, 0.1) is 0 Å². The molecule has 1 amide bonds. The molecule has 0 saturated heterocycles. The summed E-state index contributed by atoms with van der Waals surface area (Å²) < 4.78 is 0. The van der Waals surface area contributed by atoms with E-state index in [1.165, 1.54) is 0 Å². The Morgan fingerprint density at radius 3 is 1.88 bits per heavy atom. The minimum Gasteiger partial charge on any atom is -0.269 e. The molecule has 0 heterocycles. The summed E-state index contributed by atoms with van der Waals surface area (Å²) in [6, 6.07) is 0. The van der Waals surface area contributed by atoms with Gasteiger partial charge in [-0.2, -0.15) is 0 Å². The van der Waals surface area contributed by atoms with Crippen molar-refractivity contribution in [2.24, 2.45) is 5.41 Å². The molecule has 0 aromatic carbocycles. The van der Waals surface area contributed by atoms with Gasteiger partial charge < -0.3 is 0 Å². The highest BCUT2D eigenvalue weighted by molar-refractivity contribution is 5.79. The summed E-state index contributed by atoms with van der Waals surface area (Å²) in [5.74, 6) is 3.22. The third-order valence-electron chi connectivity index (χ3n) is 0.842. The average Bonchev–Trinajstić information content (AvgIpc) is 1.62. The van der Waals surface area contributed by atoms with Crippen LogP contribution in [0.2, 0.25) is 0 Å². The lowest BCUT2D eigenvalue weighted by Crippen LogP contribution is -2.69. The molecule has 0 saturated carbocycles. The SMILES string of the molecule is CC(C)(C)C(=O)N[NH3+]. The van der Waals surface area contributed by atoms with E-state index in [-0.39, 0.29) is 11.3 Å². The van der Waals surface area contributed by atoms with Gasteiger partial charge in [-0.25, -0.2) is 5.43 Å². The fourth-order valence-corrected chi connectivity index (χ4v) is 0.265. The Bertz CT molecular complexity index is 93.1. The molecule has 0 unspecified atom stereocenters. The molecule has 0 rings (SSSR count). The van der Waals surface area contributed by atoms with Crippen LogP contribution in [0, 0.1) is 5.41 Å². The first-order valence-electron chi connectivity index (χ1n) is 2.56. The second-order valence-electron chi connectivity index (χ2n) is 2.76. The summed E-state index contributed by atoms with van der Waals surface area (Å²) in [6.07, 6.45) is 0. The van der Waals surface area contributed by atoms with Gasteiger partial charge in [-0.05, 0) is 0 Å². The number of carbonyl (C=O) groups is 1. The second kappa shape index (κ2) is 2.13. The zero-order valence-corrected chi connectivity index (χ0v) is 5.62. The zero-order chi connectivity index (χ0) is 6.78. The maximum absolute atomic E-state index is 10.7. The van der Waals surface area contributed by atoms with E-state index < -0.39 is 0 Å². The van der Waals surface area contributed by atoms with E-state index in [0.29, 0.717) is 0 Å². The standard InChI is InChI=1S/C5H12N2O/c1-5(2,3)4(8)7-6/h6H2,1-3H3,(H,7,8)/p+1. The van der Waals surface area contributed by atoms with Crippen molar-refractivity contribution in [3.8, 4) is 0 Å². The summed E-state index contributed by atoms with van der Waals surface area (Å²) in [7, 11) is 0. The third kappa shape index (κ3) is 1.93. The summed E-state index contributed by atoms with van der Waals surface area (Å²) in [5.41, 5.74) is 2.01. The van der Waals surface area contributed by atoms with Crippen molar-refractivity contribution in [3.05, 3.63) is 0 Å². The van der Waals surface area contributed by atoms with Crippen LogP contribution in [-0.2, 0) is 4.79 Å². The molecule has 0 atom stereocenters. The Kier molecular flexibility index (Phi) is 1.98. The van der Waals surface area contributed by atoms with Gasteiger partial charge in [-0.1, -0.05) is 20.8 Å². The molecule has 3 heteroatoms. The second-order valence-corrected chi connectivity index (χ2v) is 2.76. The van der Waals surface area contributed by atoms with Crippen molar-refractivity contribution in [1.82, 2.24) is 5.43 Å². The molecule has 0 spiro atoms. The first-order chi connectivity index (χ1) is 3.48. The molecular formula is C5H13N2O+. The van der Waals surface area contributed by atoms with Crippen molar-refractivity contribution in [2.75, 3.05) is 0 Å². The van der Waals surface area contributed by atoms with E-state index in [0.717, 1.165) is 0 Å². The van der Waals surface area contributed by atoms with Gasteiger partial charge in [0.2, 0.25) is 0 Å². The van der Waals surface area contributed by atoms with Crippen LogP contribution in [0.15, 0.2) is 0 Å². The predicted molar refractivity (Wildman–Crippen MR) is 30.5 cm³/mol. The van der Waals surface area contributed by atoms with E-state index >= 15 is 0 Å². The smallest absolute Gasteiger partial charge is 0.269 e. The van der Waals surface area contributed by atoms with Crippen molar-refractivity contribution >= 4 is 5.91 Å². The zero-order valence-electron chi connectivity index (χ0n) is 5.62. The Balaban J connectivity index is 3.82. The van der Waals surface area contributed by atoms with Crippen LogP contribution in [0.25, 0.3) is 0 Å². The van der Waals surface area contributed by atoms with Crippen LogP contribution < -0.4 is 11.3 Å². The van der Waals surface area contributed by atoms with Crippen LogP contribution in [0.5, 0.6) is 0 Å². The highest BCUT2D eigenvalue weighted by atomic mass is 16.2. The van der Waals surface area contributed by atoms with Crippen LogP contribution in [0.3, 0.4) is 0 Å². The van der Waals surface area contributed by atoms with E-state index in [2.05, 4.69) is 11.3 Å². The molecule has 8 heavy (non-hydrogen) atoms. The van der Waals surface area contributed by atoms with Gasteiger partial charge in [0.25, 0.3) is 5.91 Å². The predicted octanol–water partition coefficient (Wildman–Crippen LogP) is -0.694. The van der Waals surface area contributed by atoms with Crippen molar-refractivity contribution in [3.63, 3.8) is 0 Å². The fraction of sp³-hybridized carbons (Fsp3) is 0.800. The molecule has 4 N–H and O–H groups in total. The lowest BCUT2D eigenvalue weighted by Gasteiger charge is -2.12. The van der Waals surface area contributed by atoms with Gasteiger partial charge in [-0.15, -0.1) is 0 Å². The van der Waals surface area contributed by atoms with Crippen molar-refractivity contribution in [1.29, 1.82) is 0 Å². The topological polar surface area (TPSA) is 56.7 Å². The number of hydrogen-bond donors (Lipinski definition) is 2. The number of carbonyl (C=O) groups excluding carboxylic acids is 1. The van der Waals surface area contributed by atoms with Crippen molar-refractivity contribution < 1.29 is 10.6 Å². The quantitative estimate of drug-likeness (QED) is 0.405. The number of quaternary nitrogens is 1. The fourth-order valence-electron chi connectivity index (χ4n) is 0.265. The molecule has 3 nitrogen and oxygen atoms in total. The maximum Gasteiger partial charge on any atom is 0.270 e. The van der Waals surface area contributed by atoms with Gasteiger partial charge in [0, 0.05) is 5.41 Å². The Hall–Kier alpha value is -0.570. The molecule has 0 radical (unpaired) electrons. The van der Waals surface area contributed by atoms with E-state index in [4.69, 9.17) is 0 Å². The number of hydrogen-bond acceptors (Lipinski definition) is 1. The van der Waals surface area contributed by atoms with Gasteiger partial charge in [-0.3, -0.25) is 10.6 Å². The van der Waals surface area contributed by atoms with Gasteiger partial charge in [0.15, 0.2) is 0 Å². The van der Waals surface area contributed by atoms with Gasteiger partial charge >= 0.3 is 0 Å². The Morgan fingerprint density at radius 2 is 1.88 bits per heavy atom. The monoisotopic (exact) mass is 117 g/mol. The normalized spacial score (nSPS) is 11.0. The minimum atomic E-state index is -0.304. The molecule has 0 aliphatic rings. The Morgan fingerprint density at radius 1 is 1.50 bits per heavy atom. The summed E-state index contributed by atoms with van der Waals surface area (Å²) >= 11 is 0. The highest BCUT2D eigenvalue weighted by Gasteiger charge is 2.20.